The number of hydrogen-bond donors (Lipinski definition) is 1. The van der Waals surface area contributed by atoms with Gasteiger partial charge in [0, 0.05) is 32.0 Å². The summed E-state index contributed by atoms with van der Waals surface area (Å²) in [6.45, 7) is 3.58. The number of nitrogens with one attached hydrogen (secondary N) is 1. The third-order valence-corrected chi connectivity index (χ3v) is 3.38. The fourth-order valence-corrected chi connectivity index (χ4v) is 2.09. The molecule has 6 nitrogen and oxygen atoms in total. The standard InChI is InChI=1S/C16H21FN4O2/c1-3-21-12-14(10-18-21)19-16(22)20(8-9-23-2)11-13-6-4-5-7-15(13)17/h4-7,10,12H,3,8-9,11H2,1-2H3,(H,19,22). The largest absolute Gasteiger partial charge is 0.383 e. The van der Waals surface area contributed by atoms with Crippen LogP contribution in [-0.2, 0) is 17.8 Å². The van der Waals surface area contributed by atoms with E-state index in [1.54, 1.807) is 42.4 Å². The molecule has 1 aromatic heterocycles. The summed E-state index contributed by atoms with van der Waals surface area (Å²) in [4.78, 5) is 13.9. The zero-order valence-electron chi connectivity index (χ0n) is 13.3. The van der Waals surface area contributed by atoms with Crippen LogP contribution in [0.3, 0.4) is 0 Å². The molecule has 0 saturated carbocycles. The predicted octanol–water partition coefficient (Wildman–Crippen LogP) is 2.72. The van der Waals surface area contributed by atoms with Crippen molar-refractivity contribution in [3.8, 4) is 0 Å². The Morgan fingerprint density at radius 3 is 2.87 bits per heavy atom. The number of hydrogen-bond acceptors (Lipinski definition) is 3. The number of halogens is 1. The van der Waals surface area contributed by atoms with Gasteiger partial charge in [-0.15, -0.1) is 0 Å². The van der Waals surface area contributed by atoms with Gasteiger partial charge in [-0.25, -0.2) is 9.18 Å². The molecule has 0 bridgehead atoms. The van der Waals surface area contributed by atoms with E-state index in [1.807, 2.05) is 6.92 Å². The van der Waals surface area contributed by atoms with Crippen LogP contribution in [0.1, 0.15) is 12.5 Å². The van der Waals surface area contributed by atoms with Gasteiger partial charge in [0.05, 0.1) is 25.0 Å². The van der Waals surface area contributed by atoms with Gasteiger partial charge in [-0.3, -0.25) is 4.68 Å². The fraction of sp³-hybridized carbons (Fsp3) is 0.375. The summed E-state index contributed by atoms with van der Waals surface area (Å²) in [6.07, 6.45) is 3.33. The molecule has 0 aliphatic heterocycles. The van der Waals surface area contributed by atoms with Crippen LogP contribution in [0.4, 0.5) is 14.9 Å². The number of ether oxygens (including phenoxy) is 1. The summed E-state index contributed by atoms with van der Waals surface area (Å²) in [5, 5.41) is 6.88. The topological polar surface area (TPSA) is 59.4 Å². The van der Waals surface area contributed by atoms with Crippen LogP contribution in [0, 0.1) is 5.82 Å². The maximum Gasteiger partial charge on any atom is 0.322 e. The lowest BCUT2D eigenvalue weighted by Gasteiger charge is -2.22. The molecule has 2 aromatic rings. The van der Waals surface area contributed by atoms with Crippen LogP contribution in [0.25, 0.3) is 0 Å². The predicted molar refractivity (Wildman–Crippen MR) is 85.6 cm³/mol. The van der Waals surface area contributed by atoms with Gasteiger partial charge in [0.1, 0.15) is 5.82 Å². The van der Waals surface area contributed by atoms with E-state index in [1.165, 1.54) is 11.0 Å². The zero-order valence-corrected chi connectivity index (χ0v) is 13.3. The van der Waals surface area contributed by atoms with Crippen LogP contribution < -0.4 is 5.32 Å². The highest BCUT2D eigenvalue weighted by Gasteiger charge is 2.16. The number of amides is 2. The summed E-state index contributed by atoms with van der Waals surface area (Å²) in [5.74, 6) is -0.332. The van der Waals surface area contributed by atoms with Crippen molar-refractivity contribution in [2.75, 3.05) is 25.6 Å². The molecule has 0 saturated heterocycles. The quantitative estimate of drug-likeness (QED) is 0.853. The Kier molecular flexibility index (Phi) is 6.10. The minimum atomic E-state index is -0.332. The van der Waals surface area contributed by atoms with Crippen LogP contribution in [0.2, 0.25) is 0 Å². The number of carbonyl (C=O) groups is 1. The molecule has 0 spiro atoms. The third kappa shape index (κ3) is 4.79. The molecule has 2 rings (SSSR count). The van der Waals surface area contributed by atoms with Crippen molar-refractivity contribution in [2.24, 2.45) is 0 Å². The highest BCUT2D eigenvalue weighted by atomic mass is 19.1. The van der Waals surface area contributed by atoms with Gasteiger partial charge in [0.2, 0.25) is 0 Å². The molecule has 0 fully saturated rings. The summed E-state index contributed by atoms with van der Waals surface area (Å²) in [5.41, 5.74) is 1.07. The monoisotopic (exact) mass is 320 g/mol. The first-order valence-electron chi connectivity index (χ1n) is 7.44. The minimum Gasteiger partial charge on any atom is -0.383 e. The average molecular weight is 320 g/mol. The van der Waals surface area contributed by atoms with Gasteiger partial charge >= 0.3 is 6.03 Å². The number of nitrogens with zero attached hydrogens (tertiary/aromatic N) is 3. The number of anilines is 1. The second kappa shape index (κ2) is 8.28. The number of benzene rings is 1. The molecule has 7 heteroatoms. The van der Waals surface area contributed by atoms with Gasteiger partial charge in [-0.05, 0) is 13.0 Å². The molecular weight excluding hydrogens is 299 g/mol. The lowest BCUT2D eigenvalue weighted by atomic mass is 10.2. The van der Waals surface area contributed by atoms with E-state index in [2.05, 4.69) is 10.4 Å². The summed E-state index contributed by atoms with van der Waals surface area (Å²) < 4.78 is 20.6. The maximum absolute atomic E-state index is 13.8. The Balaban J connectivity index is 2.07. The molecule has 23 heavy (non-hydrogen) atoms. The Morgan fingerprint density at radius 1 is 1.43 bits per heavy atom. The summed E-state index contributed by atoms with van der Waals surface area (Å²) >= 11 is 0. The molecule has 1 N–H and O–H groups in total. The van der Waals surface area contributed by atoms with E-state index in [9.17, 15) is 9.18 Å². The SMILES string of the molecule is CCn1cc(NC(=O)N(CCOC)Cc2ccccc2F)cn1. The van der Waals surface area contributed by atoms with Crippen LogP contribution in [0.5, 0.6) is 0 Å². The van der Waals surface area contributed by atoms with Crippen molar-refractivity contribution in [3.63, 3.8) is 0 Å². The first kappa shape index (κ1) is 17.0. The lowest BCUT2D eigenvalue weighted by Crippen LogP contribution is -2.37. The normalized spacial score (nSPS) is 10.6. The van der Waals surface area contributed by atoms with E-state index >= 15 is 0 Å². The number of methoxy groups -OCH3 is 1. The van der Waals surface area contributed by atoms with Crippen LogP contribution in [0.15, 0.2) is 36.7 Å². The highest BCUT2D eigenvalue weighted by molar-refractivity contribution is 5.89. The molecular formula is C16H21FN4O2. The van der Waals surface area contributed by atoms with Crippen molar-refractivity contribution in [1.29, 1.82) is 0 Å². The van der Waals surface area contributed by atoms with E-state index in [0.717, 1.165) is 6.54 Å². The number of carbonyl (C=O) groups excluding carboxylic acids is 1. The van der Waals surface area contributed by atoms with E-state index in [-0.39, 0.29) is 18.4 Å². The van der Waals surface area contributed by atoms with Gasteiger partial charge in [-0.2, -0.15) is 5.10 Å². The maximum atomic E-state index is 13.8. The van der Waals surface area contributed by atoms with Gasteiger partial charge in [-0.1, -0.05) is 18.2 Å². The zero-order chi connectivity index (χ0) is 16.7. The van der Waals surface area contributed by atoms with E-state index in [0.29, 0.717) is 24.4 Å². The summed E-state index contributed by atoms with van der Waals surface area (Å²) in [6, 6.07) is 6.10. The second-order valence-electron chi connectivity index (χ2n) is 5.02. The number of aryl methyl sites for hydroxylation is 1. The Bertz CT molecular complexity index is 645. The van der Waals surface area contributed by atoms with Gasteiger partial charge in [0.25, 0.3) is 0 Å². The van der Waals surface area contributed by atoms with E-state index in [4.69, 9.17) is 4.74 Å². The first-order chi connectivity index (χ1) is 11.1. The second-order valence-corrected chi connectivity index (χ2v) is 5.02. The van der Waals surface area contributed by atoms with Crippen molar-refractivity contribution in [3.05, 3.63) is 48.0 Å². The van der Waals surface area contributed by atoms with Crippen molar-refractivity contribution in [1.82, 2.24) is 14.7 Å². The first-order valence-corrected chi connectivity index (χ1v) is 7.44. The smallest absolute Gasteiger partial charge is 0.322 e. The number of rotatable bonds is 7. The average Bonchev–Trinajstić information content (AvgIpc) is 3.00. The third-order valence-electron chi connectivity index (χ3n) is 3.38. The Morgan fingerprint density at radius 2 is 2.22 bits per heavy atom. The van der Waals surface area contributed by atoms with Crippen LogP contribution in [-0.4, -0.2) is 41.0 Å². The van der Waals surface area contributed by atoms with Gasteiger partial charge < -0.3 is 15.0 Å². The molecule has 0 aliphatic rings. The van der Waals surface area contributed by atoms with Crippen LogP contribution >= 0.6 is 0 Å². The molecule has 1 heterocycles. The van der Waals surface area contributed by atoms with Crippen molar-refractivity contribution >= 4 is 11.7 Å². The van der Waals surface area contributed by atoms with Crippen molar-refractivity contribution in [2.45, 2.75) is 20.0 Å². The van der Waals surface area contributed by atoms with Crippen molar-refractivity contribution < 1.29 is 13.9 Å². The molecule has 0 unspecified atom stereocenters. The highest BCUT2D eigenvalue weighted by Crippen LogP contribution is 2.12. The molecule has 124 valence electrons. The minimum absolute atomic E-state index is 0.170. The molecule has 0 atom stereocenters. The molecule has 0 aliphatic carbocycles. The Labute approximate surface area is 134 Å². The number of urea groups is 1. The lowest BCUT2D eigenvalue weighted by molar-refractivity contribution is 0.152. The van der Waals surface area contributed by atoms with E-state index < -0.39 is 0 Å². The van der Waals surface area contributed by atoms with Gasteiger partial charge in [0.15, 0.2) is 0 Å². The fourth-order valence-electron chi connectivity index (χ4n) is 2.09. The molecule has 0 radical (unpaired) electrons. The Hall–Kier alpha value is -2.41. The number of aromatic nitrogens is 2. The molecule has 2 amide bonds. The summed E-state index contributed by atoms with van der Waals surface area (Å²) in [7, 11) is 1.56. The molecule has 1 aromatic carbocycles.